The van der Waals surface area contributed by atoms with Crippen LogP contribution in [0.2, 0.25) is 5.02 Å². The van der Waals surface area contributed by atoms with Crippen LogP contribution in [0.25, 0.3) is 28.0 Å². The summed E-state index contributed by atoms with van der Waals surface area (Å²) in [6.45, 7) is 3.31. The Morgan fingerprint density at radius 3 is 2.34 bits per heavy atom. The molecule has 38 heavy (non-hydrogen) atoms. The first kappa shape index (κ1) is 24.2. The molecular formula is C30H26ClN5O2. The summed E-state index contributed by atoms with van der Waals surface area (Å²) >= 11 is 6.17. The molecule has 1 N–H and O–H groups in total. The van der Waals surface area contributed by atoms with Crippen LogP contribution < -0.4 is 5.56 Å². The third-order valence-corrected chi connectivity index (χ3v) is 7.25. The first-order chi connectivity index (χ1) is 18.5. The van der Waals surface area contributed by atoms with E-state index in [1.165, 1.54) is 12.3 Å². The number of nitrogens with zero attached hydrogens (tertiary/aromatic N) is 4. The third-order valence-electron chi connectivity index (χ3n) is 7.00. The Hall–Kier alpha value is -4.20. The van der Waals surface area contributed by atoms with Crippen molar-refractivity contribution in [1.82, 2.24) is 24.2 Å². The van der Waals surface area contributed by atoms with Gasteiger partial charge in [-0.1, -0.05) is 54.1 Å². The number of carbonyl (C=O) groups is 1. The quantitative estimate of drug-likeness (QED) is 0.353. The molecule has 0 saturated carbocycles. The van der Waals surface area contributed by atoms with E-state index < -0.39 is 0 Å². The molecular weight excluding hydrogens is 498 g/mol. The molecule has 0 atom stereocenters. The maximum Gasteiger partial charge on any atom is 0.254 e. The van der Waals surface area contributed by atoms with Gasteiger partial charge in [-0.25, -0.2) is 4.98 Å². The molecule has 0 bridgehead atoms. The van der Waals surface area contributed by atoms with Crippen LogP contribution in [0.3, 0.4) is 0 Å². The summed E-state index contributed by atoms with van der Waals surface area (Å²) in [4.78, 5) is 36.3. The summed E-state index contributed by atoms with van der Waals surface area (Å²) in [5.74, 6) is -0.111. The largest absolute Gasteiger partial charge is 0.336 e. The fourth-order valence-electron chi connectivity index (χ4n) is 4.97. The van der Waals surface area contributed by atoms with Crippen LogP contribution in [-0.4, -0.2) is 56.3 Å². The molecule has 8 heteroatoms. The van der Waals surface area contributed by atoms with Gasteiger partial charge in [0.15, 0.2) is 0 Å². The van der Waals surface area contributed by atoms with E-state index in [4.69, 9.17) is 16.6 Å². The van der Waals surface area contributed by atoms with Gasteiger partial charge in [0.05, 0.1) is 11.4 Å². The number of carbonyl (C=O) groups excluding carboxylic acids is 1. The first-order valence-corrected chi connectivity index (χ1v) is 13.0. The molecule has 3 aromatic heterocycles. The van der Waals surface area contributed by atoms with Crippen LogP contribution >= 0.6 is 11.6 Å². The topological polar surface area (TPSA) is 73.7 Å². The minimum absolute atomic E-state index is 0.111. The normalized spacial score (nSPS) is 14.2. The molecule has 0 aliphatic carbocycles. The number of hydrogen-bond acceptors (Lipinski definition) is 4. The summed E-state index contributed by atoms with van der Waals surface area (Å²) in [5, 5.41) is 0.687. The second-order valence-electron chi connectivity index (χ2n) is 9.44. The van der Waals surface area contributed by atoms with Crippen LogP contribution in [0.5, 0.6) is 0 Å². The SMILES string of the molecule is O=C(c1cc[nH]c(=O)c1)N1CCN(Cc2c(-c3ccc(Cl)cc3)nc3ccc(-c4ccccc4)cn23)CC1. The minimum atomic E-state index is -0.272. The van der Waals surface area contributed by atoms with E-state index in [1.807, 2.05) is 47.4 Å². The van der Waals surface area contributed by atoms with E-state index in [-0.39, 0.29) is 11.5 Å². The van der Waals surface area contributed by atoms with Crippen molar-refractivity contribution in [3.8, 4) is 22.4 Å². The predicted molar refractivity (Wildman–Crippen MR) is 149 cm³/mol. The molecule has 1 aliphatic heterocycles. The first-order valence-electron chi connectivity index (χ1n) is 12.6. The van der Waals surface area contributed by atoms with Crippen molar-refractivity contribution in [2.75, 3.05) is 26.2 Å². The number of hydrogen-bond donors (Lipinski definition) is 1. The fourth-order valence-corrected chi connectivity index (χ4v) is 5.09. The number of nitrogens with one attached hydrogen (secondary N) is 1. The van der Waals surface area contributed by atoms with Crippen LogP contribution in [-0.2, 0) is 6.54 Å². The molecule has 1 fully saturated rings. The lowest BCUT2D eigenvalue weighted by Gasteiger charge is -2.34. The predicted octanol–water partition coefficient (Wildman–Crippen LogP) is 4.97. The van der Waals surface area contributed by atoms with Gasteiger partial charge in [-0.05, 0) is 41.5 Å². The summed E-state index contributed by atoms with van der Waals surface area (Å²) in [5.41, 5.74) is 6.32. The Morgan fingerprint density at radius 1 is 0.868 bits per heavy atom. The van der Waals surface area contributed by atoms with Crippen molar-refractivity contribution in [3.63, 3.8) is 0 Å². The number of benzene rings is 2. The Labute approximate surface area is 224 Å². The number of aromatic amines is 1. The minimum Gasteiger partial charge on any atom is -0.336 e. The van der Waals surface area contributed by atoms with Crippen molar-refractivity contribution in [1.29, 1.82) is 0 Å². The summed E-state index contributed by atoms with van der Waals surface area (Å²) in [7, 11) is 0. The number of rotatable bonds is 5. The maximum absolute atomic E-state index is 12.9. The monoisotopic (exact) mass is 523 g/mol. The third kappa shape index (κ3) is 4.86. The van der Waals surface area contributed by atoms with Crippen LogP contribution in [0.4, 0.5) is 0 Å². The number of piperazine rings is 1. The van der Waals surface area contributed by atoms with Gasteiger partial charge in [0, 0.05) is 67.3 Å². The van der Waals surface area contributed by atoms with Crippen molar-refractivity contribution < 1.29 is 4.79 Å². The van der Waals surface area contributed by atoms with E-state index in [1.54, 1.807) is 6.07 Å². The lowest BCUT2D eigenvalue weighted by atomic mass is 10.1. The Bertz CT molecular complexity index is 1650. The molecule has 0 radical (unpaired) electrons. The fraction of sp³-hybridized carbons (Fsp3) is 0.167. The highest BCUT2D eigenvalue weighted by atomic mass is 35.5. The lowest BCUT2D eigenvalue weighted by molar-refractivity contribution is 0.0626. The van der Waals surface area contributed by atoms with Crippen molar-refractivity contribution in [2.24, 2.45) is 0 Å². The highest BCUT2D eigenvalue weighted by molar-refractivity contribution is 6.30. The molecule has 4 heterocycles. The van der Waals surface area contributed by atoms with Crippen LogP contribution in [0, 0.1) is 0 Å². The molecule has 6 rings (SSSR count). The van der Waals surface area contributed by atoms with E-state index >= 15 is 0 Å². The molecule has 1 amide bonds. The second kappa shape index (κ2) is 10.3. The van der Waals surface area contributed by atoms with E-state index in [2.05, 4.69) is 44.7 Å². The zero-order valence-electron chi connectivity index (χ0n) is 20.7. The van der Waals surface area contributed by atoms with Crippen LogP contribution in [0.15, 0.2) is 96.1 Å². The Kier molecular flexibility index (Phi) is 6.54. The second-order valence-corrected chi connectivity index (χ2v) is 9.87. The number of H-pyrrole nitrogens is 1. The highest BCUT2D eigenvalue weighted by Gasteiger charge is 2.25. The number of aromatic nitrogens is 3. The van der Waals surface area contributed by atoms with Crippen molar-refractivity contribution in [2.45, 2.75) is 6.54 Å². The molecule has 190 valence electrons. The zero-order chi connectivity index (χ0) is 26.1. The molecule has 7 nitrogen and oxygen atoms in total. The number of amides is 1. The van der Waals surface area contributed by atoms with Gasteiger partial charge in [0.1, 0.15) is 5.65 Å². The number of imidazole rings is 1. The van der Waals surface area contributed by atoms with Crippen molar-refractivity contribution >= 4 is 23.2 Å². The standard InChI is InChI=1S/C30H26ClN5O2/c31-25-9-6-22(7-10-25)29-26(36-19-24(8-11-27(36)33-29)21-4-2-1-3-5-21)20-34-14-16-35(17-15-34)30(38)23-12-13-32-28(37)18-23/h1-13,18-19H,14-17,20H2,(H,32,37). The Balaban J connectivity index is 1.30. The van der Waals surface area contributed by atoms with Crippen LogP contribution in [0.1, 0.15) is 16.1 Å². The average Bonchev–Trinajstić information content (AvgIpc) is 3.31. The van der Waals surface area contributed by atoms with Gasteiger partial charge < -0.3 is 14.3 Å². The molecule has 0 unspecified atom stereocenters. The van der Waals surface area contributed by atoms with Crippen molar-refractivity contribution in [3.05, 3.63) is 118 Å². The van der Waals surface area contributed by atoms with Gasteiger partial charge in [-0.3, -0.25) is 14.5 Å². The molecule has 5 aromatic rings. The van der Waals surface area contributed by atoms with Gasteiger partial charge >= 0.3 is 0 Å². The number of fused-ring (bicyclic) bond motifs is 1. The smallest absolute Gasteiger partial charge is 0.254 e. The van der Waals surface area contributed by atoms with Gasteiger partial charge in [0.25, 0.3) is 5.91 Å². The number of halogens is 1. The molecule has 1 aliphatic rings. The van der Waals surface area contributed by atoms with E-state index in [0.717, 1.165) is 46.8 Å². The van der Waals surface area contributed by atoms with Gasteiger partial charge in [0.2, 0.25) is 5.56 Å². The Morgan fingerprint density at radius 2 is 1.61 bits per heavy atom. The van der Waals surface area contributed by atoms with E-state index in [9.17, 15) is 9.59 Å². The highest BCUT2D eigenvalue weighted by Crippen LogP contribution is 2.29. The summed E-state index contributed by atoms with van der Waals surface area (Å²) < 4.78 is 2.18. The molecule has 2 aromatic carbocycles. The van der Waals surface area contributed by atoms with Gasteiger partial charge in [-0.15, -0.1) is 0 Å². The summed E-state index contributed by atoms with van der Waals surface area (Å²) in [6, 6.07) is 25.3. The van der Waals surface area contributed by atoms with E-state index in [0.29, 0.717) is 30.2 Å². The average molecular weight is 524 g/mol. The summed E-state index contributed by atoms with van der Waals surface area (Å²) in [6.07, 6.45) is 3.66. The molecule has 1 saturated heterocycles. The maximum atomic E-state index is 12.9. The number of pyridine rings is 2. The lowest BCUT2D eigenvalue weighted by Crippen LogP contribution is -2.48. The van der Waals surface area contributed by atoms with Gasteiger partial charge in [-0.2, -0.15) is 0 Å². The zero-order valence-corrected chi connectivity index (χ0v) is 21.4. The molecule has 0 spiro atoms.